The summed E-state index contributed by atoms with van der Waals surface area (Å²) in [4.78, 5) is 39.0. The summed E-state index contributed by atoms with van der Waals surface area (Å²) < 4.78 is 48.6. The van der Waals surface area contributed by atoms with Gasteiger partial charge in [-0.25, -0.2) is 14.4 Å². The summed E-state index contributed by atoms with van der Waals surface area (Å²) >= 11 is 0. The van der Waals surface area contributed by atoms with Gasteiger partial charge < -0.3 is 83.5 Å². The summed E-state index contributed by atoms with van der Waals surface area (Å²) in [6.45, 7) is -1.56. The number of rotatable bonds is 16. The van der Waals surface area contributed by atoms with Crippen LogP contribution in [-0.4, -0.2) is 155 Å². The van der Waals surface area contributed by atoms with E-state index in [-0.39, 0.29) is 34.5 Å². The number of hydrogen-bond acceptors (Lipinski definition) is 20. The Bertz CT molecular complexity index is 2120. The minimum atomic E-state index is -2.01. The van der Waals surface area contributed by atoms with E-state index in [2.05, 4.69) is 0 Å². The largest absolute Gasteiger partial charge is 0.504 e. The Labute approximate surface area is 353 Å². The second kappa shape index (κ2) is 21.5. The SMILES string of the molecule is COc1cc(C=CC(=O)OC2OC(COC3OC(CO)C(O)C(O)C3OC(=O)C=Cc3ccc(O)c(OC)c3)C(O)C(O)C2OC(=O)C=Cc2ccc(O)c(OC)c2)ccc1O. The quantitative estimate of drug-likeness (QED) is 0.0553. The van der Waals surface area contributed by atoms with Gasteiger partial charge in [0.25, 0.3) is 0 Å². The standard InChI is InChI=1S/C42H46O20/c1-54-27-16-21(4-10-24(27)44)7-13-32(47)60-39-37(52)35(50)30(19-43)58-41(39)57-20-31-36(51)38(53)40(61-33(48)14-8-22-5-11-25(45)28(17-22)55-2)42(59-31)62-34(49)15-9-23-6-12-26(46)29(18-23)56-3/h4-18,30-31,35-46,50-53H,19-20H2,1-3H3. The number of phenolic OH excluding ortho intramolecular Hbond substituents is 3. The molecule has 0 bridgehead atoms. The summed E-state index contributed by atoms with van der Waals surface area (Å²) in [6.07, 6.45) is -11.1. The number of ether oxygens (including phenoxy) is 9. The number of carbonyl (C=O) groups excluding carboxylic acids is 3. The number of methoxy groups -OCH3 is 3. The highest BCUT2D eigenvalue weighted by Crippen LogP contribution is 2.31. The van der Waals surface area contributed by atoms with E-state index in [0.29, 0.717) is 16.7 Å². The van der Waals surface area contributed by atoms with Gasteiger partial charge in [-0.1, -0.05) is 18.2 Å². The van der Waals surface area contributed by atoms with Crippen LogP contribution in [0.5, 0.6) is 34.5 Å². The fraction of sp³-hybridized carbons (Fsp3) is 0.357. The average Bonchev–Trinajstić information content (AvgIpc) is 3.26. The third kappa shape index (κ3) is 11.8. The first-order valence-electron chi connectivity index (χ1n) is 18.7. The fourth-order valence-electron chi connectivity index (χ4n) is 6.16. The summed E-state index contributed by atoms with van der Waals surface area (Å²) in [7, 11) is 3.99. The average molecular weight is 871 g/mol. The van der Waals surface area contributed by atoms with Gasteiger partial charge in [-0.15, -0.1) is 0 Å². The molecule has 2 saturated heterocycles. The van der Waals surface area contributed by atoms with Gasteiger partial charge in [-0.2, -0.15) is 0 Å². The Kier molecular flexibility index (Phi) is 16.3. The molecule has 62 heavy (non-hydrogen) atoms. The van der Waals surface area contributed by atoms with Crippen molar-refractivity contribution in [2.24, 2.45) is 0 Å². The topological polar surface area (TPSA) is 296 Å². The molecule has 3 aromatic carbocycles. The number of carbonyl (C=O) groups is 3. The second-order valence-corrected chi connectivity index (χ2v) is 13.6. The number of aliphatic hydroxyl groups excluding tert-OH is 5. The van der Waals surface area contributed by atoms with Crippen LogP contribution in [-0.2, 0) is 42.8 Å². The van der Waals surface area contributed by atoms with Crippen LogP contribution in [0.2, 0.25) is 0 Å². The van der Waals surface area contributed by atoms with Crippen molar-refractivity contribution in [2.75, 3.05) is 34.5 Å². The molecule has 2 aliphatic rings. The number of esters is 3. The molecule has 0 amide bonds. The van der Waals surface area contributed by atoms with Gasteiger partial charge in [-0.3, -0.25) is 0 Å². The van der Waals surface area contributed by atoms with Crippen LogP contribution in [0.15, 0.2) is 72.8 Å². The molecule has 8 N–H and O–H groups in total. The molecule has 10 atom stereocenters. The van der Waals surface area contributed by atoms with E-state index in [1.807, 2.05) is 0 Å². The molecular formula is C42H46O20. The number of benzene rings is 3. The predicted octanol–water partition coefficient (Wildman–Crippen LogP) is 0.538. The summed E-state index contributed by atoms with van der Waals surface area (Å²) in [5, 5.41) is 83.4. The van der Waals surface area contributed by atoms with Crippen molar-refractivity contribution >= 4 is 36.1 Å². The molecule has 2 fully saturated rings. The maximum absolute atomic E-state index is 13.1. The molecule has 0 spiro atoms. The highest BCUT2D eigenvalue weighted by Gasteiger charge is 2.51. The van der Waals surface area contributed by atoms with Crippen LogP contribution in [0.1, 0.15) is 16.7 Å². The molecule has 20 nitrogen and oxygen atoms in total. The summed E-state index contributed by atoms with van der Waals surface area (Å²) in [5.41, 5.74) is 1.21. The number of aromatic hydroxyl groups is 3. The van der Waals surface area contributed by atoms with Crippen LogP contribution in [0.3, 0.4) is 0 Å². The molecule has 10 unspecified atom stereocenters. The number of aliphatic hydroxyl groups is 5. The van der Waals surface area contributed by atoms with Gasteiger partial charge in [0.05, 0.1) is 34.5 Å². The maximum Gasteiger partial charge on any atom is 0.333 e. The zero-order chi connectivity index (χ0) is 45.1. The zero-order valence-electron chi connectivity index (χ0n) is 33.3. The lowest BCUT2D eigenvalue weighted by Gasteiger charge is -2.43. The Morgan fingerprint density at radius 3 is 1.32 bits per heavy atom. The van der Waals surface area contributed by atoms with E-state index >= 15 is 0 Å². The predicted molar refractivity (Wildman–Crippen MR) is 211 cm³/mol. The first-order chi connectivity index (χ1) is 29.6. The normalized spacial score (nSPS) is 26.3. The van der Waals surface area contributed by atoms with Gasteiger partial charge >= 0.3 is 17.9 Å². The smallest absolute Gasteiger partial charge is 0.333 e. The lowest BCUT2D eigenvalue weighted by molar-refractivity contribution is -0.328. The van der Waals surface area contributed by atoms with Gasteiger partial charge in [0.1, 0.15) is 36.6 Å². The number of phenols is 3. The lowest BCUT2D eigenvalue weighted by atomic mass is 9.98. The first kappa shape index (κ1) is 46.8. The Balaban J connectivity index is 1.34. The van der Waals surface area contributed by atoms with Crippen molar-refractivity contribution in [3.8, 4) is 34.5 Å². The molecule has 334 valence electrons. The van der Waals surface area contributed by atoms with E-state index in [4.69, 9.17) is 42.6 Å². The summed E-state index contributed by atoms with van der Waals surface area (Å²) in [5.74, 6) is -3.32. The van der Waals surface area contributed by atoms with Crippen molar-refractivity contribution in [2.45, 2.75) is 61.4 Å². The van der Waals surface area contributed by atoms with E-state index in [1.54, 1.807) is 0 Å². The molecule has 2 heterocycles. The molecule has 2 aliphatic heterocycles. The molecule has 0 radical (unpaired) electrons. The Morgan fingerprint density at radius 2 is 0.919 bits per heavy atom. The van der Waals surface area contributed by atoms with Crippen LogP contribution < -0.4 is 14.2 Å². The molecule has 3 aromatic rings. The highest BCUT2D eigenvalue weighted by molar-refractivity contribution is 5.89. The molecular weight excluding hydrogens is 824 g/mol. The van der Waals surface area contributed by atoms with Crippen molar-refractivity contribution in [3.63, 3.8) is 0 Å². The van der Waals surface area contributed by atoms with Crippen molar-refractivity contribution in [3.05, 3.63) is 89.5 Å². The Morgan fingerprint density at radius 1 is 0.548 bits per heavy atom. The van der Waals surface area contributed by atoms with Crippen LogP contribution >= 0.6 is 0 Å². The maximum atomic E-state index is 13.1. The molecule has 0 aromatic heterocycles. The van der Waals surface area contributed by atoms with Crippen LogP contribution in [0.4, 0.5) is 0 Å². The fourth-order valence-corrected chi connectivity index (χ4v) is 6.16. The molecule has 20 heteroatoms. The van der Waals surface area contributed by atoms with E-state index in [1.165, 1.54) is 94.2 Å². The highest BCUT2D eigenvalue weighted by atomic mass is 16.8. The lowest BCUT2D eigenvalue weighted by Crippen LogP contribution is -2.63. The molecule has 0 saturated carbocycles. The third-order valence-corrected chi connectivity index (χ3v) is 9.48. The van der Waals surface area contributed by atoms with Crippen molar-refractivity contribution in [1.82, 2.24) is 0 Å². The van der Waals surface area contributed by atoms with Crippen LogP contribution in [0, 0.1) is 0 Å². The van der Waals surface area contributed by atoms with Crippen LogP contribution in [0.25, 0.3) is 18.2 Å². The molecule has 0 aliphatic carbocycles. The zero-order valence-corrected chi connectivity index (χ0v) is 33.3. The van der Waals surface area contributed by atoms with E-state index in [0.717, 1.165) is 18.2 Å². The summed E-state index contributed by atoms with van der Waals surface area (Å²) in [6, 6.07) is 12.6. The van der Waals surface area contributed by atoms with Crippen molar-refractivity contribution in [1.29, 1.82) is 0 Å². The van der Waals surface area contributed by atoms with Gasteiger partial charge in [0.2, 0.25) is 6.29 Å². The Hall–Kier alpha value is -6.23. The third-order valence-electron chi connectivity index (χ3n) is 9.48. The first-order valence-corrected chi connectivity index (χ1v) is 18.7. The van der Waals surface area contributed by atoms with Gasteiger partial charge in [0, 0.05) is 18.2 Å². The second-order valence-electron chi connectivity index (χ2n) is 13.6. The van der Waals surface area contributed by atoms with E-state index < -0.39 is 92.5 Å². The van der Waals surface area contributed by atoms with E-state index in [9.17, 15) is 55.2 Å². The monoisotopic (exact) mass is 870 g/mol. The molecule has 5 rings (SSSR count). The number of hydrogen-bond donors (Lipinski definition) is 8. The van der Waals surface area contributed by atoms with Gasteiger partial charge in [-0.05, 0) is 71.3 Å². The van der Waals surface area contributed by atoms with Gasteiger partial charge in [0.15, 0.2) is 53.0 Å². The minimum Gasteiger partial charge on any atom is -0.504 e. The minimum absolute atomic E-state index is 0.111. The van der Waals surface area contributed by atoms with Crippen molar-refractivity contribution < 1.29 is 97.9 Å².